The molecular weight excluding hydrogens is 200 g/mol. The van der Waals surface area contributed by atoms with E-state index in [2.05, 4.69) is 15.4 Å². The van der Waals surface area contributed by atoms with Crippen molar-refractivity contribution < 1.29 is 4.79 Å². The van der Waals surface area contributed by atoms with Crippen LogP contribution in [0.25, 0.3) is 0 Å². The van der Waals surface area contributed by atoms with Gasteiger partial charge in [-0.1, -0.05) is 5.21 Å². The first-order valence-electron chi connectivity index (χ1n) is 4.59. The van der Waals surface area contributed by atoms with Crippen LogP contribution in [0.5, 0.6) is 0 Å². The lowest BCUT2D eigenvalue weighted by molar-refractivity contribution is -0.141. The molecule has 5 nitrogen and oxygen atoms in total. The van der Waals surface area contributed by atoms with Crippen LogP contribution in [0.2, 0.25) is 0 Å². The Morgan fingerprint density at radius 1 is 1.64 bits per heavy atom. The molecule has 0 spiro atoms. The number of aromatic amines is 1. The number of fused-ring (bicyclic) bond motifs is 1. The Hall–Kier alpha value is -1.04. The highest BCUT2D eigenvalue weighted by Crippen LogP contribution is 2.33. The molecule has 1 N–H and O–H groups in total. The van der Waals surface area contributed by atoms with Gasteiger partial charge in [0.15, 0.2) is 0 Å². The minimum atomic E-state index is 0.354. The first-order valence-corrected chi connectivity index (χ1v) is 5.64. The summed E-state index contributed by atoms with van der Waals surface area (Å²) in [5.74, 6) is 1.60. The van der Waals surface area contributed by atoms with Gasteiger partial charge in [-0.25, -0.2) is 0 Å². The highest BCUT2D eigenvalue weighted by molar-refractivity contribution is 8.00. The van der Waals surface area contributed by atoms with Crippen molar-refractivity contribution in [2.45, 2.75) is 18.2 Å². The topological polar surface area (TPSA) is 61.9 Å². The zero-order chi connectivity index (χ0) is 9.80. The monoisotopic (exact) mass is 212 g/mol. The van der Waals surface area contributed by atoms with Crippen LogP contribution >= 0.6 is 11.8 Å². The molecule has 2 aliphatic rings. The third-order valence-corrected chi connectivity index (χ3v) is 3.53. The molecule has 0 saturated carbocycles. The fourth-order valence-corrected chi connectivity index (χ4v) is 2.69. The van der Waals surface area contributed by atoms with Crippen molar-refractivity contribution in [3.63, 3.8) is 0 Å². The smallest absolute Gasteiger partial charge is 0.226 e. The van der Waals surface area contributed by atoms with Crippen LogP contribution in [0.15, 0.2) is 12.4 Å². The van der Waals surface area contributed by atoms with E-state index >= 15 is 0 Å². The van der Waals surface area contributed by atoms with Crippen LogP contribution < -0.4 is 0 Å². The summed E-state index contributed by atoms with van der Waals surface area (Å²) in [5.41, 5.74) is 0. The highest BCUT2D eigenvalue weighted by Gasteiger charge is 2.37. The average Bonchev–Trinajstić information content (AvgIpc) is 2.74. The predicted molar refractivity (Wildman–Crippen MR) is 53.6 cm³/mol. The molecule has 1 aromatic rings. The van der Waals surface area contributed by atoms with Gasteiger partial charge in [-0.2, -0.15) is 0 Å². The maximum atomic E-state index is 10.8. The van der Waals surface area contributed by atoms with E-state index in [-0.39, 0.29) is 0 Å². The van der Waals surface area contributed by atoms with E-state index in [1.54, 1.807) is 12.4 Å². The van der Waals surface area contributed by atoms with Crippen molar-refractivity contribution in [2.75, 3.05) is 12.3 Å². The molecule has 2 saturated heterocycles. The molecule has 0 bridgehead atoms. The molecule has 2 aliphatic heterocycles. The van der Waals surface area contributed by atoms with Gasteiger partial charge in [-0.3, -0.25) is 9.89 Å². The van der Waals surface area contributed by atoms with E-state index in [4.69, 9.17) is 0 Å². The van der Waals surface area contributed by atoms with Crippen molar-refractivity contribution in [3.05, 3.63) is 12.4 Å². The maximum absolute atomic E-state index is 10.8. The Labute approximate surface area is 86.2 Å². The SMILES string of the molecule is O=C1C[C@H]2SCCCN12.c1c[nH]nn1. The van der Waals surface area contributed by atoms with Gasteiger partial charge in [0.25, 0.3) is 0 Å². The summed E-state index contributed by atoms with van der Waals surface area (Å²) >= 11 is 1.92. The number of H-pyrrole nitrogens is 1. The molecule has 0 aromatic carbocycles. The number of aromatic nitrogens is 3. The van der Waals surface area contributed by atoms with E-state index in [0.717, 1.165) is 13.0 Å². The van der Waals surface area contributed by atoms with Gasteiger partial charge in [-0.15, -0.1) is 16.9 Å². The number of carbonyl (C=O) groups excluding carboxylic acids is 1. The zero-order valence-electron chi connectivity index (χ0n) is 7.72. The van der Waals surface area contributed by atoms with Gasteiger partial charge >= 0.3 is 0 Å². The molecule has 3 rings (SSSR count). The normalized spacial score (nSPS) is 24.4. The van der Waals surface area contributed by atoms with Gasteiger partial charge in [-0.05, 0) is 12.2 Å². The van der Waals surface area contributed by atoms with Crippen LogP contribution in [0.4, 0.5) is 0 Å². The van der Waals surface area contributed by atoms with Gasteiger partial charge in [0.1, 0.15) is 0 Å². The molecule has 6 heteroatoms. The average molecular weight is 212 g/mol. The quantitative estimate of drug-likeness (QED) is 0.636. The van der Waals surface area contributed by atoms with Crippen molar-refractivity contribution >= 4 is 17.7 Å². The maximum Gasteiger partial charge on any atom is 0.226 e. The summed E-state index contributed by atoms with van der Waals surface area (Å²) in [7, 11) is 0. The number of carbonyl (C=O) groups is 1. The number of nitrogens with zero attached hydrogens (tertiary/aromatic N) is 3. The second-order valence-corrected chi connectivity index (χ2v) is 4.42. The van der Waals surface area contributed by atoms with Crippen LogP contribution in [-0.4, -0.2) is 43.9 Å². The molecule has 3 heterocycles. The second kappa shape index (κ2) is 4.45. The van der Waals surface area contributed by atoms with Crippen LogP contribution in [-0.2, 0) is 4.79 Å². The Bertz CT molecular complexity index is 272. The Morgan fingerprint density at radius 3 is 3.00 bits per heavy atom. The van der Waals surface area contributed by atoms with E-state index in [9.17, 15) is 4.79 Å². The van der Waals surface area contributed by atoms with Crippen LogP contribution in [0.1, 0.15) is 12.8 Å². The first kappa shape index (κ1) is 9.51. The lowest BCUT2D eigenvalue weighted by Crippen LogP contribution is -2.53. The lowest BCUT2D eigenvalue weighted by Gasteiger charge is -2.43. The second-order valence-electron chi connectivity index (χ2n) is 3.13. The molecule has 1 atom stereocenters. The number of thioether (sulfide) groups is 1. The third-order valence-electron chi connectivity index (χ3n) is 2.20. The summed E-state index contributed by atoms with van der Waals surface area (Å²) in [6.07, 6.45) is 5.22. The molecular formula is C8H12N4OS. The Balaban J connectivity index is 0.000000128. The zero-order valence-corrected chi connectivity index (χ0v) is 8.54. The van der Waals surface area contributed by atoms with Gasteiger partial charge in [0.05, 0.1) is 18.0 Å². The Morgan fingerprint density at radius 2 is 2.57 bits per heavy atom. The van der Waals surface area contributed by atoms with Gasteiger partial charge in [0.2, 0.25) is 5.91 Å². The predicted octanol–water partition coefficient (Wildman–Crippen LogP) is 0.486. The van der Waals surface area contributed by atoms with Gasteiger partial charge < -0.3 is 4.90 Å². The van der Waals surface area contributed by atoms with Gasteiger partial charge in [0, 0.05) is 12.7 Å². The van der Waals surface area contributed by atoms with E-state index in [1.807, 2.05) is 16.7 Å². The molecule has 0 aliphatic carbocycles. The molecule has 76 valence electrons. The number of hydrogen-bond donors (Lipinski definition) is 1. The number of amides is 1. The number of hydrogen-bond acceptors (Lipinski definition) is 4. The van der Waals surface area contributed by atoms with Crippen molar-refractivity contribution in [1.82, 2.24) is 20.3 Å². The molecule has 1 amide bonds. The third kappa shape index (κ3) is 2.06. The summed E-state index contributed by atoms with van der Waals surface area (Å²) in [6.45, 7) is 1.01. The van der Waals surface area contributed by atoms with Crippen molar-refractivity contribution in [3.8, 4) is 0 Å². The first-order chi connectivity index (χ1) is 6.88. The Kier molecular flexibility index (Phi) is 3.03. The van der Waals surface area contributed by atoms with Crippen molar-refractivity contribution in [2.24, 2.45) is 0 Å². The van der Waals surface area contributed by atoms with E-state index in [0.29, 0.717) is 11.3 Å². The van der Waals surface area contributed by atoms with Crippen LogP contribution in [0.3, 0.4) is 0 Å². The molecule has 0 radical (unpaired) electrons. The molecule has 0 unspecified atom stereocenters. The van der Waals surface area contributed by atoms with Crippen LogP contribution in [0, 0.1) is 0 Å². The fraction of sp³-hybridized carbons (Fsp3) is 0.625. The largest absolute Gasteiger partial charge is 0.330 e. The number of β-lactam (4-membered cyclic amide) rings is 1. The van der Waals surface area contributed by atoms with E-state index in [1.165, 1.54) is 12.2 Å². The van der Waals surface area contributed by atoms with E-state index < -0.39 is 0 Å². The number of rotatable bonds is 0. The lowest BCUT2D eigenvalue weighted by atomic mass is 10.2. The summed E-state index contributed by atoms with van der Waals surface area (Å²) < 4.78 is 0. The molecule has 1 aromatic heterocycles. The summed E-state index contributed by atoms with van der Waals surface area (Å²) in [4.78, 5) is 12.8. The molecule has 14 heavy (non-hydrogen) atoms. The molecule has 2 fully saturated rings. The fourth-order valence-electron chi connectivity index (χ4n) is 1.46. The minimum Gasteiger partial charge on any atom is -0.330 e. The van der Waals surface area contributed by atoms with Crippen molar-refractivity contribution in [1.29, 1.82) is 0 Å². The highest BCUT2D eigenvalue weighted by atomic mass is 32.2. The summed E-state index contributed by atoms with van der Waals surface area (Å²) in [6, 6.07) is 0. The minimum absolute atomic E-state index is 0.354. The number of nitrogens with one attached hydrogen (secondary N) is 1. The standard InChI is InChI=1S/C6H9NOS.C2H3N3/c8-5-4-6-7(5)2-1-3-9-6;1-2-4-5-3-1/h6H,1-4H2;1-2H,(H,3,4,5)/t6-;/m1./s1. The summed E-state index contributed by atoms with van der Waals surface area (Å²) in [5, 5.41) is 9.83.